The third-order valence-corrected chi connectivity index (χ3v) is 6.35. The Balaban J connectivity index is 1.48. The van der Waals surface area contributed by atoms with Crippen molar-refractivity contribution in [2.45, 2.75) is 58.5 Å². The van der Waals surface area contributed by atoms with Crippen molar-refractivity contribution in [3.8, 4) is 5.75 Å². The summed E-state index contributed by atoms with van der Waals surface area (Å²) in [6.07, 6.45) is 5.99. The lowest BCUT2D eigenvalue weighted by atomic mass is 9.90. The van der Waals surface area contributed by atoms with Gasteiger partial charge in [-0.25, -0.2) is 4.98 Å². The first-order valence-electron chi connectivity index (χ1n) is 10.4. The molecule has 2 aromatic heterocycles. The highest BCUT2D eigenvalue weighted by Gasteiger charge is 2.20. The summed E-state index contributed by atoms with van der Waals surface area (Å²) in [4.78, 5) is 29.6. The Bertz CT molecular complexity index is 1100. The third kappa shape index (κ3) is 4.70. The molecule has 1 amide bonds. The average molecular weight is 427 g/mol. The molecule has 1 aliphatic carbocycles. The molecule has 0 spiro atoms. The summed E-state index contributed by atoms with van der Waals surface area (Å²) in [7, 11) is 0. The molecule has 1 saturated carbocycles. The molecule has 8 heteroatoms. The summed E-state index contributed by atoms with van der Waals surface area (Å²) in [6, 6.07) is 8.68. The molecule has 0 aliphatic heterocycles. The number of fused-ring (bicyclic) bond motifs is 1. The summed E-state index contributed by atoms with van der Waals surface area (Å²) in [5.74, 6) is 0.890. The second kappa shape index (κ2) is 8.95. The van der Waals surface area contributed by atoms with Gasteiger partial charge in [-0.1, -0.05) is 50.5 Å². The van der Waals surface area contributed by atoms with Gasteiger partial charge in [-0.2, -0.15) is 9.61 Å². The standard InChI is InChI=1S/C22H26N4O3S/c1-14(2)20(28)23-16-9-6-10-18(11-16)29-13-17-12-19(27)26-22(24-17)30-21(25-26)15-7-4-3-5-8-15/h6,9-12,14-15H,3-5,7-8,13H2,1-2H3,(H,23,28). The van der Waals surface area contributed by atoms with Crippen LogP contribution in [0.1, 0.15) is 62.6 Å². The maximum Gasteiger partial charge on any atom is 0.275 e. The second-order valence-corrected chi connectivity index (χ2v) is 9.00. The SMILES string of the molecule is CC(C)C(=O)Nc1cccc(OCc2cc(=O)n3nc(C4CCCCC4)sc3n2)c1. The van der Waals surface area contributed by atoms with E-state index in [9.17, 15) is 9.59 Å². The number of nitrogens with one attached hydrogen (secondary N) is 1. The lowest BCUT2D eigenvalue weighted by Gasteiger charge is -2.18. The van der Waals surface area contributed by atoms with Gasteiger partial charge < -0.3 is 10.1 Å². The molecule has 1 fully saturated rings. The first-order chi connectivity index (χ1) is 14.5. The number of anilines is 1. The summed E-state index contributed by atoms with van der Waals surface area (Å²) >= 11 is 1.50. The number of aromatic nitrogens is 3. The van der Waals surface area contributed by atoms with Crippen molar-refractivity contribution in [3.05, 3.63) is 51.4 Å². The summed E-state index contributed by atoms with van der Waals surface area (Å²) in [6.45, 7) is 3.86. The van der Waals surface area contributed by atoms with Gasteiger partial charge in [-0.3, -0.25) is 9.59 Å². The summed E-state index contributed by atoms with van der Waals surface area (Å²) in [5, 5.41) is 8.39. The highest BCUT2D eigenvalue weighted by atomic mass is 32.1. The average Bonchev–Trinajstić information content (AvgIpc) is 3.18. The maximum absolute atomic E-state index is 12.5. The van der Waals surface area contributed by atoms with E-state index in [2.05, 4.69) is 15.4 Å². The van der Waals surface area contributed by atoms with Gasteiger partial charge in [0.05, 0.1) is 5.69 Å². The normalized spacial score (nSPS) is 14.9. The Morgan fingerprint density at radius 2 is 2.07 bits per heavy atom. The third-order valence-electron chi connectivity index (χ3n) is 5.28. The van der Waals surface area contributed by atoms with E-state index in [1.807, 2.05) is 32.0 Å². The molecule has 158 valence electrons. The van der Waals surface area contributed by atoms with Crippen LogP contribution in [0.15, 0.2) is 35.1 Å². The number of amides is 1. The molecule has 1 aliphatic rings. The monoisotopic (exact) mass is 426 g/mol. The van der Waals surface area contributed by atoms with Gasteiger partial charge in [0.25, 0.3) is 5.56 Å². The summed E-state index contributed by atoms with van der Waals surface area (Å²) < 4.78 is 7.23. The Kier molecular flexibility index (Phi) is 6.13. The molecule has 4 rings (SSSR count). The van der Waals surface area contributed by atoms with Crippen molar-refractivity contribution >= 4 is 27.9 Å². The molecule has 30 heavy (non-hydrogen) atoms. The smallest absolute Gasteiger partial charge is 0.275 e. The van der Waals surface area contributed by atoms with Crippen molar-refractivity contribution in [1.82, 2.24) is 14.6 Å². The van der Waals surface area contributed by atoms with Crippen LogP contribution in [0.2, 0.25) is 0 Å². The topological polar surface area (TPSA) is 85.6 Å². The number of ether oxygens (including phenoxy) is 1. The largest absolute Gasteiger partial charge is 0.487 e. The maximum atomic E-state index is 12.5. The van der Waals surface area contributed by atoms with Crippen LogP contribution in [0.25, 0.3) is 4.96 Å². The zero-order valence-corrected chi connectivity index (χ0v) is 18.1. The van der Waals surface area contributed by atoms with Crippen molar-refractivity contribution < 1.29 is 9.53 Å². The Labute approximate surface area is 179 Å². The second-order valence-electron chi connectivity index (χ2n) is 8.02. The molecule has 7 nitrogen and oxygen atoms in total. The number of nitrogens with zero attached hydrogens (tertiary/aromatic N) is 3. The quantitative estimate of drug-likeness (QED) is 0.632. The molecule has 0 atom stereocenters. The Morgan fingerprint density at radius 1 is 1.27 bits per heavy atom. The van der Waals surface area contributed by atoms with E-state index in [0.717, 1.165) is 17.8 Å². The van der Waals surface area contributed by atoms with Crippen molar-refractivity contribution in [1.29, 1.82) is 0 Å². The highest BCUT2D eigenvalue weighted by Crippen LogP contribution is 2.34. The Morgan fingerprint density at radius 3 is 2.83 bits per heavy atom. The van der Waals surface area contributed by atoms with Gasteiger partial charge in [-0.15, -0.1) is 0 Å². The van der Waals surface area contributed by atoms with Crippen LogP contribution in [-0.2, 0) is 11.4 Å². The van der Waals surface area contributed by atoms with E-state index in [4.69, 9.17) is 4.74 Å². The van der Waals surface area contributed by atoms with E-state index in [1.54, 1.807) is 6.07 Å². The number of hydrogen-bond donors (Lipinski definition) is 1. The zero-order chi connectivity index (χ0) is 21.1. The molecule has 1 aromatic carbocycles. The zero-order valence-electron chi connectivity index (χ0n) is 17.3. The minimum Gasteiger partial charge on any atom is -0.487 e. The van der Waals surface area contributed by atoms with Crippen molar-refractivity contribution in [2.24, 2.45) is 5.92 Å². The highest BCUT2D eigenvalue weighted by molar-refractivity contribution is 7.16. The van der Waals surface area contributed by atoms with E-state index < -0.39 is 0 Å². The minimum absolute atomic E-state index is 0.0498. The molecule has 3 aromatic rings. The number of carbonyl (C=O) groups excluding carboxylic acids is 1. The van der Waals surface area contributed by atoms with Crippen molar-refractivity contribution in [3.63, 3.8) is 0 Å². The molecular formula is C22H26N4O3S. The predicted octanol–water partition coefficient (Wildman–Crippen LogP) is 4.37. The molecule has 2 heterocycles. The first kappa shape index (κ1) is 20.5. The van der Waals surface area contributed by atoms with Gasteiger partial charge in [0.1, 0.15) is 17.4 Å². The number of hydrogen-bond acceptors (Lipinski definition) is 6. The lowest BCUT2D eigenvalue weighted by molar-refractivity contribution is -0.118. The molecule has 1 N–H and O–H groups in total. The lowest BCUT2D eigenvalue weighted by Crippen LogP contribution is -2.17. The number of benzene rings is 1. The number of carbonyl (C=O) groups is 1. The Hall–Kier alpha value is -2.74. The van der Waals surface area contributed by atoms with E-state index >= 15 is 0 Å². The van der Waals surface area contributed by atoms with Gasteiger partial charge in [0.2, 0.25) is 10.9 Å². The number of rotatable bonds is 6. The molecular weight excluding hydrogens is 400 g/mol. The molecule has 0 bridgehead atoms. The van der Waals surface area contributed by atoms with Gasteiger partial charge in [-0.05, 0) is 25.0 Å². The minimum atomic E-state index is -0.185. The van der Waals surface area contributed by atoms with Crippen LogP contribution in [0.5, 0.6) is 5.75 Å². The van der Waals surface area contributed by atoms with Crippen molar-refractivity contribution in [2.75, 3.05) is 5.32 Å². The van der Waals surface area contributed by atoms with Gasteiger partial charge >= 0.3 is 0 Å². The molecule has 0 saturated heterocycles. The molecule has 0 unspecified atom stereocenters. The van der Waals surface area contributed by atoms with Crippen LogP contribution in [0, 0.1) is 5.92 Å². The van der Waals surface area contributed by atoms with Crippen LogP contribution in [0.4, 0.5) is 5.69 Å². The van der Waals surface area contributed by atoms with Crippen LogP contribution in [-0.4, -0.2) is 20.5 Å². The fraction of sp³-hybridized carbons (Fsp3) is 0.455. The van der Waals surface area contributed by atoms with Crippen LogP contribution < -0.4 is 15.6 Å². The summed E-state index contributed by atoms with van der Waals surface area (Å²) in [5.41, 5.74) is 1.06. The fourth-order valence-electron chi connectivity index (χ4n) is 3.57. The van der Waals surface area contributed by atoms with Crippen LogP contribution in [0.3, 0.4) is 0 Å². The van der Waals surface area contributed by atoms with E-state index in [1.165, 1.54) is 41.2 Å². The van der Waals surface area contributed by atoms with E-state index in [-0.39, 0.29) is 24.0 Å². The van der Waals surface area contributed by atoms with Gasteiger partial charge in [0.15, 0.2) is 0 Å². The fourth-order valence-corrected chi connectivity index (χ4v) is 4.66. The van der Waals surface area contributed by atoms with Gasteiger partial charge in [0, 0.05) is 29.7 Å². The van der Waals surface area contributed by atoms with E-state index in [0.29, 0.717) is 28.0 Å². The first-order valence-corrected chi connectivity index (χ1v) is 11.2. The molecule has 0 radical (unpaired) electrons. The van der Waals surface area contributed by atoms with Crippen LogP contribution >= 0.6 is 11.3 Å². The predicted molar refractivity (Wildman–Crippen MR) is 117 cm³/mol.